The van der Waals surface area contributed by atoms with Crippen LogP contribution >= 0.6 is 11.3 Å². The Labute approximate surface area is 114 Å². The highest BCUT2D eigenvalue weighted by molar-refractivity contribution is 7.12. The summed E-state index contributed by atoms with van der Waals surface area (Å²) in [6.07, 6.45) is 2.32. The van der Waals surface area contributed by atoms with Gasteiger partial charge in [0.05, 0.1) is 6.04 Å². The summed E-state index contributed by atoms with van der Waals surface area (Å²) in [6, 6.07) is 13.4. The third kappa shape index (κ3) is 3.14. The number of hydrogen-bond acceptors (Lipinski definition) is 2. The van der Waals surface area contributed by atoms with E-state index in [2.05, 4.69) is 62.5 Å². The maximum atomic E-state index is 3.64. The van der Waals surface area contributed by atoms with E-state index in [4.69, 9.17) is 0 Å². The van der Waals surface area contributed by atoms with E-state index in [1.807, 2.05) is 11.3 Å². The standard InChI is InChI=1S/C16H21NS/c1-4-7-14-8-5-6-9-15(14)17-13(3)16-11-10-12(2)18-16/h5-6,8-11,13,17H,4,7H2,1-3H3. The zero-order valence-electron chi connectivity index (χ0n) is 11.4. The number of para-hydroxylation sites is 1. The number of nitrogens with one attached hydrogen (secondary N) is 1. The molecule has 0 spiro atoms. The number of benzene rings is 1. The van der Waals surface area contributed by atoms with Gasteiger partial charge in [-0.25, -0.2) is 0 Å². The van der Waals surface area contributed by atoms with E-state index >= 15 is 0 Å². The Hall–Kier alpha value is -1.28. The molecule has 96 valence electrons. The molecule has 0 saturated carbocycles. The van der Waals surface area contributed by atoms with Gasteiger partial charge < -0.3 is 5.32 Å². The molecule has 2 aromatic rings. The average molecular weight is 259 g/mol. The fourth-order valence-corrected chi connectivity index (χ4v) is 3.02. The lowest BCUT2D eigenvalue weighted by atomic mass is 10.1. The van der Waals surface area contributed by atoms with Crippen LogP contribution in [0.1, 0.15) is 41.6 Å². The van der Waals surface area contributed by atoms with E-state index in [-0.39, 0.29) is 0 Å². The molecule has 0 amide bonds. The molecule has 2 rings (SSSR count). The van der Waals surface area contributed by atoms with Crippen molar-refractivity contribution < 1.29 is 0 Å². The maximum Gasteiger partial charge on any atom is 0.0578 e. The van der Waals surface area contributed by atoms with E-state index < -0.39 is 0 Å². The van der Waals surface area contributed by atoms with E-state index in [1.165, 1.54) is 27.4 Å². The van der Waals surface area contributed by atoms with Crippen molar-refractivity contribution in [3.8, 4) is 0 Å². The first-order valence-corrected chi connectivity index (χ1v) is 7.43. The molecule has 0 aliphatic carbocycles. The molecule has 1 heterocycles. The SMILES string of the molecule is CCCc1ccccc1NC(C)c1ccc(C)s1. The summed E-state index contributed by atoms with van der Waals surface area (Å²) in [5.41, 5.74) is 2.69. The van der Waals surface area contributed by atoms with Gasteiger partial charge in [-0.2, -0.15) is 0 Å². The van der Waals surface area contributed by atoms with Crippen LogP contribution in [0.5, 0.6) is 0 Å². The van der Waals surface area contributed by atoms with E-state index in [0.29, 0.717) is 6.04 Å². The van der Waals surface area contributed by atoms with Crippen molar-refractivity contribution in [3.63, 3.8) is 0 Å². The van der Waals surface area contributed by atoms with Crippen LogP contribution in [-0.4, -0.2) is 0 Å². The predicted molar refractivity (Wildman–Crippen MR) is 81.5 cm³/mol. The molecule has 0 radical (unpaired) electrons. The monoisotopic (exact) mass is 259 g/mol. The third-order valence-corrected chi connectivity index (χ3v) is 4.28. The van der Waals surface area contributed by atoms with Gasteiger partial charge in [-0.1, -0.05) is 31.5 Å². The minimum absolute atomic E-state index is 0.377. The molecule has 1 unspecified atom stereocenters. The number of thiophene rings is 1. The Kier molecular flexibility index (Phi) is 4.43. The lowest BCUT2D eigenvalue weighted by Crippen LogP contribution is -2.06. The minimum Gasteiger partial charge on any atom is -0.377 e. The smallest absolute Gasteiger partial charge is 0.0578 e. The lowest BCUT2D eigenvalue weighted by molar-refractivity contribution is 0.882. The van der Waals surface area contributed by atoms with Crippen LogP contribution in [0.2, 0.25) is 0 Å². The minimum atomic E-state index is 0.377. The van der Waals surface area contributed by atoms with Crippen LogP contribution in [0.25, 0.3) is 0 Å². The van der Waals surface area contributed by atoms with Crippen molar-refractivity contribution in [2.24, 2.45) is 0 Å². The zero-order chi connectivity index (χ0) is 13.0. The summed E-state index contributed by atoms with van der Waals surface area (Å²) < 4.78 is 0. The van der Waals surface area contributed by atoms with Crippen molar-refractivity contribution in [1.82, 2.24) is 0 Å². The topological polar surface area (TPSA) is 12.0 Å². The molecule has 0 bridgehead atoms. The molecule has 1 aromatic carbocycles. The van der Waals surface area contributed by atoms with Gasteiger partial charge in [-0.15, -0.1) is 11.3 Å². The fourth-order valence-electron chi connectivity index (χ4n) is 2.14. The first-order chi connectivity index (χ1) is 8.70. The van der Waals surface area contributed by atoms with Gasteiger partial charge >= 0.3 is 0 Å². The second kappa shape index (κ2) is 6.05. The van der Waals surface area contributed by atoms with Crippen molar-refractivity contribution in [2.75, 3.05) is 5.32 Å². The van der Waals surface area contributed by atoms with Crippen LogP contribution in [0.15, 0.2) is 36.4 Å². The predicted octanol–water partition coefficient (Wildman–Crippen LogP) is 5.18. The first kappa shape index (κ1) is 13.2. The fraction of sp³-hybridized carbons (Fsp3) is 0.375. The van der Waals surface area contributed by atoms with Gasteiger partial charge in [0.15, 0.2) is 0 Å². The summed E-state index contributed by atoms with van der Waals surface area (Å²) in [6.45, 7) is 6.61. The van der Waals surface area contributed by atoms with Gasteiger partial charge in [-0.3, -0.25) is 0 Å². The molecule has 0 aliphatic rings. The molecule has 2 heteroatoms. The largest absolute Gasteiger partial charge is 0.377 e. The summed E-state index contributed by atoms with van der Waals surface area (Å²) in [7, 11) is 0. The van der Waals surface area contributed by atoms with Gasteiger partial charge in [0.2, 0.25) is 0 Å². The number of rotatable bonds is 5. The molecule has 1 nitrogen and oxygen atoms in total. The summed E-state index contributed by atoms with van der Waals surface area (Å²) >= 11 is 1.87. The molecule has 1 N–H and O–H groups in total. The lowest BCUT2D eigenvalue weighted by Gasteiger charge is -2.17. The quantitative estimate of drug-likeness (QED) is 0.780. The van der Waals surface area contributed by atoms with Crippen LogP contribution in [0.4, 0.5) is 5.69 Å². The number of anilines is 1. The van der Waals surface area contributed by atoms with Gasteiger partial charge in [-0.05, 0) is 44.0 Å². The second-order valence-corrected chi connectivity index (χ2v) is 6.04. The summed E-state index contributed by atoms with van der Waals surface area (Å²) in [5.74, 6) is 0. The molecule has 0 aliphatic heterocycles. The normalized spacial score (nSPS) is 12.4. The third-order valence-electron chi connectivity index (χ3n) is 3.10. The molecule has 1 aromatic heterocycles. The van der Waals surface area contributed by atoms with E-state index in [0.717, 1.165) is 6.42 Å². The van der Waals surface area contributed by atoms with Crippen molar-refractivity contribution >= 4 is 17.0 Å². The Balaban J connectivity index is 2.13. The van der Waals surface area contributed by atoms with Crippen LogP contribution in [0, 0.1) is 6.92 Å². The summed E-state index contributed by atoms with van der Waals surface area (Å²) in [5, 5.41) is 3.64. The molecule has 1 atom stereocenters. The highest BCUT2D eigenvalue weighted by Gasteiger charge is 2.09. The van der Waals surface area contributed by atoms with Crippen LogP contribution in [-0.2, 0) is 6.42 Å². The molecular weight excluding hydrogens is 238 g/mol. The Morgan fingerprint density at radius 1 is 1.17 bits per heavy atom. The van der Waals surface area contributed by atoms with Crippen molar-refractivity contribution in [2.45, 2.75) is 39.7 Å². The molecule has 0 fully saturated rings. The second-order valence-electron chi connectivity index (χ2n) is 4.72. The highest BCUT2D eigenvalue weighted by atomic mass is 32.1. The number of hydrogen-bond donors (Lipinski definition) is 1. The van der Waals surface area contributed by atoms with Crippen molar-refractivity contribution in [1.29, 1.82) is 0 Å². The van der Waals surface area contributed by atoms with Gasteiger partial charge in [0.1, 0.15) is 0 Å². The number of aryl methyl sites for hydroxylation is 2. The van der Waals surface area contributed by atoms with Crippen molar-refractivity contribution in [3.05, 3.63) is 51.7 Å². The van der Waals surface area contributed by atoms with E-state index in [1.54, 1.807) is 0 Å². The summed E-state index contributed by atoms with van der Waals surface area (Å²) in [4.78, 5) is 2.78. The highest BCUT2D eigenvalue weighted by Crippen LogP contribution is 2.27. The first-order valence-electron chi connectivity index (χ1n) is 6.61. The molecular formula is C16H21NS. The van der Waals surface area contributed by atoms with Gasteiger partial charge in [0, 0.05) is 15.4 Å². The Morgan fingerprint density at radius 2 is 1.94 bits per heavy atom. The average Bonchev–Trinajstić information content (AvgIpc) is 2.79. The van der Waals surface area contributed by atoms with E-state index in [9.17, 15) is 0 Å². The molecule has 0 saturated heterocycles. The zero-order valence-corrected chi connectivity index (χ0v) is 12.2. The molecule has 18 heavy (non-hydrogen) atoms. The Morgan fingerprint density at radius 3 is 2.61 bits per heavy atom. The van der Waals surface area contributed by atoms with Gasteiger partial charge in [0.25, 0.3) is 0 Å². The van der Waals surface area contributed by atoms with Crippen LogP contribution < -0.4 is 5.32 Å². The maximum absolute atomic E-state index is 3.64. The van der Waals surface area contributed by atoms with Crippen LogP contribution in [0.3, 0.4) is 0 Å². The Bertz CT molecular complexity index is 501.